The summed E-state index contributed by atoms with van der Waals surface area (Å²) in [7, 11) is -4.12. The van der Waals surface area contributed by atoms with Crippen molar-refractivity contribution in [2.45, 2.75) is 22.6 Å². The molecule has 0 aliphatic carbocycles. The Balaban J connectivity index is 0.00000192. The van der Waals surface area contributed by atoms with E-state index in [1.165, 1.54) is 9.79 Å². The van der Waals surface area contributed by atoms with Gasteiger partial charge in [0.05, 0.1) is 21.5 Å². The maximum absolute atomic E-state index is 10.7. The van der Waals surface area contributed by atoms with E-state index < -0.39 is 10.1 Å². The fourth-order valence-corrected chi connectivity index (χ4v) is 4.22. The largest absolute Gasteiger partial charge is 1.00 e. The van der Waals surface area contributed by atoms with Crippen LogP contribution in [0, 0.1) is 0 Å². The van der Waals surface area contributed by atoms with Crippen molar-refractivity contribution in [1.29, 1.82) is 0 Å². The van der Waals surface area contributed by atoms with E-state index in [0.717, 1.165) is 11.4 Å². The molecule has 3 rings (SSSR count). The third kappa shape index (κ3) is 5.06. The van der Waals surface area contributed by atoms with Gasteiger partial charge in [-0.15, -0.1) is 0 Å². The van der Waals surface area contributed by atoms with Crippen molar-refractivity contribution >= 4 is 33.3 Å². The molecule has 2 aromatic carbocycles. The Labute approximate surface area is 183 Å². The van der Waals surface area contributed by atoms with Crippen LogP contribution in [0.5, 0.6) is 0 Å². The molecule has 7 heteroatoms. The minimum atomic E-state index is -4.12. The first kappa shape index (κ1) is 19.5. The van der Waals surface area contributed by atoms with Crippen LogP contribution in [-0.4, -0.2) is 25.3 Å². The summed E-state index contributed by atoms with van der Waals surface area (Å²) in [5.74, 6) is -0.293. The molecule has 0 unspecified atom stereocenters. The van der Waals surface area contributed by atoms with E-state index in [1.54, 1.807) is 11.8 Å². The van der Waals surface area contributed by atoms with Crippen molar-refractivity contribution in [2.24, 2.45) is 0 Å². The Morgan fingerprint density at radius 2 is 1.43 bits per heavy atom. The summed E-state index contributed by atoms with van der Waals surface area (Å²) < 4.78 is 32.1. The molecule has 1 aliphatic rings. The molecule has 0 bridgehead atoms. The zero-order chi connectivity index (χ0) is 15.6. The molecule has 0 saturated carbocycles. The van der Waals surface area contributed by atoms with Gasteiger partial charge in [0.2, 0.25) is 0 Å². The number of benzene rings is 2. The molecule has 116 valence electrons. The van der Waals surface area contributed by atoms with E-state index in [1.807, 2.05) is 24.3 Å². The predicted molar refractivity (Wildman–Crippen MR) is 87.8 cm³/mol. The van der Waals surface area contributed by atoms with Gasteiger partial charge in [0.15, 0.2) is 0 Å². The molecule has 0 atom stereocenters. The smallest absolute Gasteiger partial charge is 0.748 e. The van der Waals surface area contributed by atoms with Gasteiger partial charge in [-0.2, -0.15) is 0 Å². The zero-order valence-corrected chi connectivity index (χ0v) is 17.7. The van der Waals surface area contributed by atoms with Crippen molar-refractivity contribution in [3.05, 3.63) is 48.5 Å². The molecule has 0 N–H and O–H groups in total. The molecule has 0 aromatic heterocycles. The number of para-hydroxylation sites is 2. The van der Waals surface area contributed by atoms with Crippen LogP contribution in [0.25, 0.3) is 0 Å². The first-order valence-electron chi connectivity index (χ1n) is 7.12. The van der Waals surface area contributed by atoms with Crippen LogP contribution in [0.2, 0.25) is 0 Å². The van der Waals surface area contributed by atoms with Gasteiger partial charge in [0.25, 0.3) is 0 Å². The van der Waals surface area contributed by atoms with Crippen LogP contribution in [-0.2, 0) is 10.1 Å². The summed E-state index contributed by atoms with van der Waals surface area (Å²) in [5, 5.41) is 0. The molecule has 1 heterocycles. The third-order valence-electron chi connectivity index (χ3n) is 3.56. The second-order valence-electron chi connectivity index (χ2n) is 5.16. The fraction of sp³-hybridized carbons (Fsp3) is 0.250. The maximum Gasteiger partial charge on any atom is 1.00 e. The van der Waals surface area contributed by atoms with Crippen molar-refractivity contribution in [3.63, 3.8) is 0 Å². The van der Waals surface area contributed by atoms with Crippen LogP contribution >= 0.6 is 11.8 Å². The van der Waals surface area contributed by atoms with Crippen molar-refractivity contribution in [3.8, 4) is 0 Å². The second-order valence-corrected chi connectivity index (χ2v) is 7.77. The molecule has 0 fully saturated rings. The summed E-state index contributed by atoms with van der Waals surface area (Å²) in [6, 6.07) is 16.4. The van der Waals surface area contributed by atoms with Gasteiger partial charge in [-0.1, -0.05) is 36.0 Å². The topological polar surface area (TPSA) is 60.4 Å². The number of hydrogen-bond donors (Lipinski definition) is 0. The van der Waals surface area contributed by atoms with Crippen LogP contribution in [0.3, 0.4) is 0 Å². The molecule has 2 aromatic rings. The van der Waals surface area contributed by atoms with Crippen LogP contribution in [0.4, 0.5) is 11.4 Å². The first-order chi connectivity index (χ1) is 10.5. The molecular formula is C16H16KNO3S2. The van der Waals surface area contributed by atoms with Gasteiger partial charge in [0, 0.05) is 22.1 Å². The monoisotopic (exact) mass is 373 g/mol. The van der Waals surface area contributed by atoms with Gasteiger partial charge in [0.1, 0.15) is 0 Å². The molecule has 0 radical (unpaired) electrons. The van der Waals surface area contributed by atoms with E-state index in [2.05, 4.69) is 29.2 Å². The Morgan fingerprint density at radius 3 is 1.96 bits per heavy atom. The van der Waals surface area contributed by atoms with Gasteiger partial charge in [-0.05, 0) is 37.1 Å². The summed E-state index contributed by atoms with van der Waals surface area (Å²) >= 11 is 1.74. The number of fused-ring (bicyclic) bond motifs is 2. The van der Waals surface area contributed by atoms with E-state index in [9.17, 15) is 13.0 Å². The summed E-state index contributed by atoms with van der Waals surface area (Å²) in [6.07, 6.45) is 1.05. The Morgan fingerprint density at radius 1 is 0.913 bits per heavy atom. The first-order valence-corrected chi connectivity index (χ1v) is 9.51. The molecule has 23 heavy (non-hydrogen) atoms. The van der Waals surface area contributed by atoms with Crippen LogP contribution < -0.4 is 56.3 Å². The molecule has 4 nitrogen and oxygen atoms in total. The van der Waals surface area contributed by atoms with Gasteiger partial charge >= 0.3 is 51.4 Å². The van der Waals surface area contributed by atoms with Crippen molar-refractivity contribution in [1.82, 2.24) is 0 Å². The van der Waals surface area contributed by atoms with Gasteiger partial charge in [-0.3, -0.25) is 0 Å². The number of anilines is 2. The molecular weight excluding hydrogens is 357 g/mol. The van der Waals surface area contributed by atoms with Gasteiger partial charge < -0.3 is 9.45 Å². The van der Waals surface area contributed by atoms with Gasteiger partial charge in [-0.25, -0.2) is 8.42 Å². The molecule has 1 aliphatic heterocycles. The average molecular weight is 374 g/mol. The van der Waals surface area contributed by atoms with Crippen molar-refractivity contribution in [2.75, 3.05) is 17.2 Å². The molecule has 0 spiro atoms. The Hall–Kier alpha value is 0.136. The quantitative estimate of drug-likeness (QED) is 0.437. The number of rotatable bonds is 5. The summed E-state index contributed by atoms with van der Waals surface area (Å²) in [4.78, 5) is 4.59. The standard InChI is InChI=1S/C16H17NO3S2.K/c18-22(19,20)12-6-5-11-17-13-7-1-3-9-15(13)21-16-10-4-2-8-14(16)17;/h1-4,7-10H,5-6,11-12H2,(H,18,19,20);/q;+1/p-1. The molecule has 0 saturated heterocycles. The number of hydrogen-bond acceptors (Lipinski definition) is 5. The predicted octanol–water partition coefficient (Wildman–Crippen LogP) is 0.619. The zero-order valence-electron chi connectivity index (χ0n) is 12.9. The summed E-state index contributed by atoms with van der Waals surface area (Å²) in [5.41, 5.74) is 2.27. The van der Waals surface area contributed by atoms with E-state index in [-0.39, 0.29) is 57.1 Å². The third-order valence-corrected chi connectivity index (χ3v) is 5.48. The number of unbranched alkanes of at least 4 members (excludes halogenated alkanes) is 1. The van der Waals surface area contributed by atoms with Crippen molar-refractivity contribution < 1.29 is 64.4 Å². The minimum absolute atomic E-state index is 0. The molecule has 0 amide bonds. The average Bonchev–Trinajstić information content (AvgIpc) is 2.49. The SMILES string of the molecule is O=S(=O)([O-])CCCCN1c2ccccc2Sc2ccccc21.[K+]. The van der Waals surface area contributed by atoms with Crippen LogP contribution in [0.15, 0.2) is 58.3 Å². The van der Waals surface area contributed by atoms with E-state index in [0.29, 0.717) is 19.4 Å². The Bertz CT molecular complexity index is 735. The fourth-order valence-electron chi connectivity index (χ4n) is 2.57. The minimum Gasteiger partial charge on any atom is -0.748 e. The Kier molecular flexibility index (Phi) is 7.18. The maximum atomic E-state index is 10.7. The summed E-state index contributed by atoms with van der Waals surface area (Å²) in [6.45, 7) is 0.699. The van der Waals surface area contributed by atoms with Crippen LogP contribution in [0.1, 0.15) is 12.8 Å². The number of nitrogens with zero attached hydrogens (tertiary/aromatic N) is 1. The normalized spacial score (nSPS) is 13.0. The van der Waals surface area contributed by atoms with E-state index >= 15 is 0 Å². The van der Waals surface area contributed by atoms with E-state index in [4.69, 9.17) is 0 Å². The second kappa shape index (κ2) is 8.49.